The molecule has 0 fully saturated rings. The van der Waals surface area contributed by atoms with Crippen molar-refractivity contribution < 1.29 is 22.0 Å². The first-order chi connectivity index (χ1) is 5.86. The summed E-state index contributed by atoms with van der Waals surface area (Å²) in [6.45, 7) is 0. The highest BCUT2D eigenvalue weighted by Gasteiger charge is 2.60. The van der Waals surface area contributed by atoms with E-state index in [9.17, 15) is 22.0 Å². The van der Waals surface area contributed by atoms with Crippen LogP contribution in [-0.2, 0) is 5.92 Å². The molecule has 13 heavy (non-hydrogen) atoms. The zero-order valence-electron chi connectivity index (χ0n) is 5.89. The lowest BCUT2D eigenvalue weighted by Crippen LogP contribution is -2.34. The van der Waals surface area contributed by atoms with Crippen LogP contribution >= 0.6 is 0 Å². The Hall–Kier alpha value is -1.34. The van der Waals surface area contributed by atoms with Crippen LogP contribution in [0.4, 0.5) is 22.0 Å². The average Bonchev–Trinajstić information content (AvgIpc) is 2.04. The minimum atomic E-state index is -5.68. The smallest absolute Gasteiger partial charge is 0.241 e. The lowest BCUT2D eigenvalue weighted by molar-refractivity contribution is -0.291. The van der Waals surface area contributed by atoms with E-state index in [0.717, 1.165) is 6.33 Å². The van der Waals surface area contributed by atoms with Gasteiger partial charge in [-0.3, -0.25) is 0 Å². The van der Waals surface area contributed by atoms with Gasteiger partial charge in [0.15, 0.2) is 5.69 Å². The molecule has 0 aromatic carbocycles. The van der Waals surface area contributed by atoms with E-state index in [1.807, 2.05) is 0 Å². The van der Waals surface area contributed by atoms with Crippen LogP contribution in [0.5, 0.6) is 0 Å². The summed E-state index contributed by atoms with van der Waals surface area (Å²) in [6, 6.07) is 0. The van der Waals surface area contributed by atoms with E-state index in [4.69, 9.17) is 0 Å². The summed E-state index contributed by atoms with van der Waals surface area (Å²) in [5, 5.41) is 5.46. The van der Waals surface area contributed by atoms with Crippen LogP contribution in [0.2, 0.25) is 0 Å². The van der Waals surface area contributed by atoms with Crippen molar-refractivity contribution in [1.29, 1.82) is 0 Å². The number of aromatic nitrogens is 3. The van der Waals surface area contributed by atoms with Gasteiger partial charge in [0.2, 0.25) is 0 Å². The number of hydrogen-bond donors (Lipinski definition) is 0. The number of rotatable bonds is 1. The number of halogens is 5. The SMILES string of the molecule is FC(F)(F)C(F)(F)c1cncnn1. The predicted octanol–water partition coefficient (Wildman–Crippen LogP) is 1.53. The van der Waals surface area contributed by atoms with Crippen molar-refractivity contribution >= 4 is 0 Å². The summed E-state index contributed by atoms with van der Waals surface area (Å²) in [6.07, 6.45) is -4.60. The van der Waals surface area contributed by atoms with Crippen molar-refractivity contribution in [2.75, 3.05) is 0 Å². The summed E-state index contributed by atoms with van der Waals surface area (Å²) in [5.41, 5.74) is -1.51. The van der Waals surface area contributed by atoms with E-state index in [1.54, 1.807) is 0 Å². The molecule has 8 heteroatoms. The van der Waals surface area contributed by atoms with E-state index >= 15 is 0 Å². The highest BCUT2D eigenvalue weighted by Crippen LogP contribution is 2.42. The Morgan fingerprint density at radius 2 is 1.69 bits per heavy atom. The van der Waals surface area contributed by atoms with Crippen molar-refractivity contribution in [2.24, 2.45) is 0 Å². The Bertz CT molecular complexity index is 282. The standard InChI is InChI=1S/C5H2F5N3/c6-4(7,5(8,9)10)3-1-11-2-12-13-3/h1-2H. The van der Waals surface area contributed by atoms with Gasteiger partial charge in [-0.15, -0.1) is 10.2 Å². The van der Waals surface area contributed by atoms with E-state index in [2.05, 4.69) is 15.2 Å². The molecule has 0 radical (unpaired) electrons. The Kier molecular flexibility index (Phi) is 2.14. The first-order valence-electron chi connectivity index (χ1n) is 2.93. The van der Waals surface area contributed by atoms with Crippen LogP contribution in [0.25, 0.3) is 0 Å². The maximum Gasteiger partial charge on any atom is 0.459 e. The molecule has 0 saturated heterocycles. The molecule has 1 aromatic rings. The lowest BCUT2D eigenvalue weighted by Gasteiger charge is -2.17. The largest absolute Gasteiger partial charge is 0.459 e. The van der Waals surface area contributed by atoms with E-state index in [1.165, 1.54) is 0 Å². The molecule has 1 heterocycles. The highest BCUT2D eigenvalue weighted by molar-refractivity contribution is 5.04. The van der Waals surface area contributed by atoms with Crippen molar-refractivity contribution in [3.8, 4) is 0 Å². The molecule has 0 unspecified atom stereocenters. The van der Waals surface area contributed by atoms with Crippen LogP contribution in [-0.4, -0.2) is 21.4 Å². The monoisotopic (exact) mass is 199 g/mol. The summed E-state index contributed by atoms with van der Waals surface area (Å²) in [7, 11) is 0. The third-order valence-electron chi connectivity index (χ3n) is 1.16. The van der Waals surface area contributed by atoms with Crippen molar-refractivity contribution in [2.45, 2.75) is 12.1 Å². The first-order valence-corrected chi connectivity index (χ1v) is 2.93. The highest BCUT2D eigenvalue weighted by atomic mass is 19.4. The van der Waals surface area contributed by atoms with Crippen LogP contribution < -0.4 is 0 Å². The fourth-order valence-electron chi connectivity index (χ4n) is 0.537. The molecular formula is C5H2F5N3. The van der Waals surface area contributed by atoms with Crippen LogP contribution in [0.1, 0.15) is 5.69 Å². The molecular weight excluding hydrogens is 197 g/mol. The Morgan fingerprint density at radius 1 is 1.08 bits per heavy atom. The molecule has 0 aliphatic heterocycles. The molecule has 0 amide bonds. The first kappa shape index (κ1) is 9.75. The van der Waals surface area contributed by atoms with Gasteiger partial charge in [-0.2, -0.15) is 22.0 Å². The van der Waals surface area contributed by atoms with Gasteiger partial charge in [-0.25, -0.2) is 4.98 Å². The van der Waals surface area contributed by atoms with E-state index in [0.29, 0.717) is 6.20 Å². The van der Waals surface area contributed by atoms with Gasteiger partial charge in [0.05, 0.1) is 6.20 Å². The van der Waals surface area contributed by atoms with Gasteiger partial charge < -0.3 is 0 Å². The van der Waals surface area contributed by atoms with Gasteiger partial charge in [0.1, 0.15) is 6.33 Å². The van der Waals surface area contributed by atoms with Crippen LogP contribution in [0.15, 0.2) is 12.5 Å². The Balaban J connectivity index is 3.08. The molecule has 1 rings (SSSR count). The topological polar surface area (TPSA) is 38.7 Å². The molecule has 0 aliphatic rings. The second kappa shape index (κ2) is 2.86. The second-order valence-electron chi connectivity index (χ2n) is 2.07. The van der Waals surface area contributed by atoms with Crippen molar-refractivity contribution in [3.63, 3.8) is 0 Å². The van der Waals surface area contributed by atoms with Crippen molar-refractivity contribution in [3.05, 3.63) is 18.2 Å². The predicted molar refractivity (Wildman–Crippen MR) is 29.8 cm³/mol. The Labute approximate surface area is 68.6 Å². The number of nitrogens with zero attached hydrogens (tertiary/aromatic N) is 3. The molecule has 0 bridgehead atoms. The molecule has 72 valence electrons. The fraction of sp³-hybridized carbons (Fsp3) is 0.400. The third-order valence-corrected chi connectivity index (χ3v) is 1.16. The summed E-state index contributed by atoms with van der Waals surface area (Å²) >= 11 is 0. The van der Waals surface area contributed by atoms with Crippen LogP contribution in [0, 0.1) is 0 Å². The van der Waals surface area contributed by atoms with Gasteiger partial charge >= 0.3 is 12.1 Å². The summed E-state index contributed by atoms with van der Waals surface area (Å²) < 4.78 is 59.8. The zero-order valence-corrected chi connectivity index (χ0v) is 5.89. The van der Waals surface area contributed by atoms with Crippen molar-refractivity contribution in [1.82, 2.24) is 15.2 Å². The van der Waals surface area contributed by atoms with Crippen LogP contribution in [0.3, 0.4) is 0 Å². The quantitative estimate of drug-likeness (QED) is 0.643. The summed E-state index contributed by atoms with van der Waals surface area (Å²) in [4.78, 5) is 3.01. The molecule has 0 aliphatic carbocycles. The maximum absolute atomic E-state index is 12.4. The third kappa shape index (κ3) is 1.70. The number of alkyl halides is 5. The minimum absolute atomic E-state index is 0.320. The van der Waals surface area contributed by atoms with E-state index in [-0.39, 0.29) is 0 Å². The number of hydrogen-bond acceptors (Lipinski definition) is 3. The van der Waals surface area contributed by atoms with Gasteiger partial charge in [0.25, 0.3) is 0 Å². The molecule has 0 spiro atoms. The molecule has 3 nitrogen and oxygen atoms in total. The normalized spacial score (nSPS) is 13.0. The fourth-order valence-corrected chi connectivity index (χ4v) is 0.537. The average molecular weight is 199 g/mol. The van der Waals surface area contributed by atoms with Gasteiger partial charge in [-0.05, 0) is 0 Å². The lowest BCUT2D eigenvalue weighted by atomic mass is 10.2. The molecule has 0 N–H and O–H groups in total. The minimum Gasteiger partial charge on any atom is -0.241 e. The molecule has 0 atom stereocenters. The van der Waals surface area contributed by atoms with Gasteiger partial charge in [0, 0.05) is 0 Å². The molecule has 1 aromatic heterocycles. The van der Waals surface area contributed by atoms with Gasteiger partial charge in [-0.1, -0.05) is 0 Å². The summed E-state index contributed by atoms with van der Waals surface area (Å²) in [5.74, 6) is -5.01. The maximum atomic E-state index is 12.4. The second-order valence-corrected chi connectivity index (χ2v) is 2.07. The molecule has 0 saturated carbocycles. The van der Waals surface area contributed by atoms with E-state index < -0.39 is 17.8 Å². The zero-order chi connectivity index (χ0) is 10.1. The Morgan fingerprint density at radius 3 is 2.08 bits per heavy atom.